The van der Waals surface area contributed by atoms with Crippen molar-refractivity contribution in [3.8, 4) is 0 Å². The molecule has 3 nitrogen and oxygen atoms in total. The minimum absolute atomic E-state index is 0.797. The maximum atomic E-state index is 5.84. The molecule has 0 aliphatic rings. The van der Waals surface area contributed by atoms with E-state index in [4.69, 9.17) is 5.73 Å². The summed E-state index contributed by atoms with van der Waals surface area (Å²) in [6.45, 7) is 5.21. The van der Waals surface area contributed by atoms with Gasteiger partial charge in [0.1, 0.15) is 5.82 Å². The molecule has 0 amide bonds. The fourth-order valence-corrected chi connectivity index (χ4v) is 2.14. The molecular weight excluding hydrogens is 210 g/mol. The zero-order valence-electron chi connectivity index (χ0n) is 11.4. The molecule has 1 heterocycles. The summed E-state index contributed by atoms with van der Waals surface area (Å²) in [6.07, 6.45) is 10.8. The molecule has 0 aromatic carbocycles. The largest absolute Gasteiger partial charge is 0.384 e. The lowest BCUT2D eigenvalue weighted by atomic mass is 10.1. The van der Waals surface area contributed by atoms with Crippen molar-refractivity contribution >= 4 is 5.82 Å². The zero-order valence-corrected chi connectivity index (χ0v) is 11.4. The Morgan fingerprint density at radius 3 is 2.18 bits per heavy atom. The molecule has 0 fully saturated rings. The van der Waals surface area contributed by atoms with E-state index < -0.39 is 0 Å². The van der Waals surface area contributed by atoms with E-state index in [9.17, 15) is 0 Å². The number of rotatable bonds is 9. The fraction of sp³-hybridized carbons (Fsp3) is 0.786. The number of aryl methyl sites for hydroxylation is 2. The van der Waals surface area contributed by atoms with E-state index >= 15 is 0 Å². The number of nitrogens with zero attached hydrogens (tertiary/aromatic N) is 2. The summed E-state index contributed by atoms with van der Waals surface area (Å²) in [5, 5.41) is 4.36. The van der Waals surface area contributed by atoms with Crippen LogP contribution in [-0.4, -0.2) is 9.78 Å². The predicted molar refractivity (Wildman–Crippen MR) is 74.0 cm³/mol. The van der Waals surface area contributed by atoms with Gasteiger partial charge in [-0.1, -0.05) is 51.9 Å². The summed E-state index contributed by atoms with van der Waals surface area (Å²) in [5.74, 6) is 0.797. The van der Waals surface area contributed by atoms with Crippen LogP contribution in [0, 0.1) is 6.92 Å². The second-order valence-corrected chi connectivity index (χ2v) is 4.91. The minimum atomic E-state index is 0.797. The van der Waals surface area contributed by atoms with Gasteiger partial charge >= 0.3 is 0 Å². The van der Waals surface area contributed by atoms with Crippen LogP contribution in [0.15, 0.2) is 6.07 Å². The molecule has 98 valence electrons. The van der Waals surface area contributed by atoms with E-state index in [1.807, 2.05) is 17.7 Å². The second kappa shape index (κ2) is 8.15. The van der Waals surface area contributed by atoms with Crippen molar-refractivity contribution in [1.29, 1.82) is 0 Å². The molecule has 0 aliphatic heterocycles. The van der Waals surface area contributed by atoms with E-state index in [2.05, 4.69) is 12.0 Å². The fourth-order valence-electron chi connectivity index (χ4n) is 2.14. The first-order chi connectivity index (χ1) is 8.24. The quantitative estimate of drug-likeness (QED) is 0.662. The Morgan fingerprint density at radius 1 is 1.06 bits per heavy atom. The monoisotopic (exact) mass is 237 g/mol. The van der Waals surface area contributed by atoms with E-state index in [0.717, 1.165) is 18.1 Å². The van der Waals surface area contributed by atoms with Crippen LogP contribution in [0.2, 0.25) is 0 Å². The highest BCUT2D eigenvalue weighted by Crippen LogP contribution is 2.11. The van der Waals surface area contributed by atoms with Crippen LogP contribution in [-0.2, 0) is 6.54 Å². The molecule has 17 heavy (non-hydrogen) atoms. The Kier molecular flexibility index (Phi) is 6.75. The van der Waals surface area contributed by atoms with Crippen LogP contribution in [0.1, 0.15) is 64.0 Å². The van der Waals surface area contributed by atoms with Crippen molar-refractivity contribution in [2.45, 2.75) is 71.8 Å². The third kappa shape index (κ3) is 5.76. The number of hydrogen-bond donors (Lipinski definition) is 1. The summed E-state index contributed by atoms with van der Waals surface area (Å²) < 4.78 is 1.92. The maximum Gasteiger partial charge on any atom is 0.121 e. The number of anilines is 1. The van der Waals surface area contributed by atoms with Crippen molar-refractivity contribution in [3.05, 3.63) is 11.8 Å². The van der Waals surface area contributed by atoms with Crippen LogP contribution in [0.4, 0.5) is 5.82 Å². The van der Waals surface area contributed by atoms with Gasteiger partial charge in [0.15, 0.2) is 0 Å². The Morgan fingerprint density at radius 2 is 1.65 bits per heavy atom. The SMILES string of the molecule is CCCCCCCCCCn1nc(C)cc1N. The van der Waals surface area contributed by atoms with Gasteiger partial charge in [-0.25, -0.2) is 4.68 Å². The highest BCUT2D eigenvalue weighted by atomic mass is 15.3. The first kappa shape index (κ1) is 14.1. The third-order valence-electron chi connectivity index (χ3n) is 3.16. The average molecular weight is 237 g/mol. The summed E-state index contributed by atoms with van der Waals surface area (Å²) in [4.78, 5) is 0. The van der Waals surface area contributed by atoms with Crippen LogP contribution in [0.5, 0.6) is 0 Å². The molecule has 0 saturated carbocycles. The van der Waals surface area contributed by atoms with Crippen molar-refractivity contribution in [3.63, 3.8) is 0 Å². The minimum Gasteiger partial charge on any atom is -0.384 e. The molecule has 2 N–H and O–H groups in total. The van der Waals surface area contributed by atoms with Crippen molar-refractivity contribution < 1.29 is 0 Å². The van der Waals surface area contributed by atoms with E-state index in [1.165, 1.54) is 51.4 Å². The lowest BCUT2D eigenvalue weighted by Gasteiger charge is -2.04. The first-order valence-corrected chi connectivity index (χ1v) is 7.04. The molecule has 0 radical (unpaired) electrons. The van der Waals surface area contributed by atoms with Gasteiger partial charge in [0, 0.05) is 12.6 Å². The average Bonchev–Trinajstić information content (AvgIpc) is 2.61. The lowest BCUT2D eigenvalue weighted by Crippen LogP contribution is -2.04. The molecule has 1 aromatic heterocycles. The maximum absolute atomic E-state index is 5.84. The standard InChI is InChI=1S/C14H27N3/c1-3-4-5-6-7-8-9-10-11-17-14(15)12-13(2)16-17/h12H,3-11,15H2,1-2H3. The molecule has 1 rings (SSSR count). The van der Waals surface area contributed by atoms with Gasteiger partial charge in [-0.2, -0.15) is 5.10 Å². The highest BCUT2D eigenvalue weighted by Gasteiger charge is 2.00. The van der Waals surface area contributed by atoms with Crippen LogP contribution in [0.3, 0.4) is 0 Å². The van der Waals surface area contributed by atoms with Gasteiger partial charge in [0.25, 0.3) is 0 Å². The molecular formula is C14H27N3. The van der Waals surface area contributed by atoms with Gasteiger partial charge in [-0.05, 0) is 13.3 Å². The number of aromatic nitrogens is 2. The van der Waals surface area contributed by atoms with Crippen molar-refractivity contribution in [2.75, 3.05) is 5.73 Å². The Hall–Kier alpha value is -0.990. The topological polar surface area (TPSA) is 43.8 Å². The number of nitrogens with two attached hydrogens (primary N) is 1. The molecule has 3 heteroatoms. The number of hydrogen-bond acceptors (Lipinski definition) is 2. The van der Waals surface area contributed by atoms with Gasteiger partial charge in [-0.15, -0.1) is 0 Å². The first-order valence-electron chi connectivity index (χ1n) is 7.04. The highest BCUT2D eigenvalue weighted by molar-refractivity contribution is 5.29. The van der Waals surface area contributed by atoms with Crippen LogP contribution >= 0.6 is 0 Å². The van der Waals surface area contributed by atoms with Crippen LogP contribution in [0.25, 0.3) is 0 Å². The van der Waals surface area contributed by atoms with Crippen molar-refractivity contribution in [2.24, 2.45) is 0 Å². The molecule has 0 saturated heterocycles. The summed E-state index contributed by atoms with van der Waals surface area (Å²) in [7, 11) is 0. The molecule has 1 aromatic rings. The third-order valence-corrected chi connectivity index (χ3v) is 3.16. The molecule has 0 bridgehead atoms. The van der Waals surface area contributed by atoms with Gasteiger partial charge in [-0.3, -0.25) is 0 Å². The smallest absolute Gasteiger partial charge is 0.121 e. The Bertz CT molecular complexity index is 304. The Labute approximate surface area is 105 Å². The van der Waals surface area contributed by atoms with Crippen molar-refractivity contribution in [1.82, 2.24) is 9.78 Å². The molecule has 0 aliphatic carbocycles. The zero-order chi connectivity index (χ0) is 12.5. The lowest BCUT2D eigenvalue weighted by molar-refractivity contribution is 0.522. The normalized spacial score (nSPS) is 10.9. The number of nitrogen functional groups attached to an aromatic ring is 1. The van der Waals surface area contributed by atoms with E-state index in [-0.39, 0.29) is 0 Å². The van der Waals surface area contributed by atoms with Gasteiger partial charge in [0.2, 0.25) is 0 Å². The molecule has 0 spiro atoms. The Balaban J connectivity index is 1.99. The predicted octanol–water partition coefficient (Wildman–Crippen LogP) is 3.91. The number of unbranched alkanes of at least 4 members (excludes halogenated alkanes) is 7. The van der Waals surface area contributed by atoms with Gasteiger partial charge < -0.3 is 5.73 Å². The van der Waals surface area contributed by atoms with E-state index in [0.29, 0.717) is 0 Å². The summed E-state index contributed by atoms with van der Waals surface area (Å²) in [6, 6.07) is 1.94. The van der Waals surface area contributed by atoms with E-state index in [1.54, 1.807) is 0 Å². The summed E-state index contributed by atoms with van der Waals surface area (Å²) >= 11 is 0. The molecule has 0 unspecified atom stereocenters. The van der Waals surface area contributed by atoms with Gasteiger partial charge in [0.05, 0.1) is 5.69 Å². The van der Waals surface area contributed by atoms with Crippen LogP contribution < -0.4 is 5.73 Å². The summed E-state index contributed by atoms with van der Waals surface area (Å²) in [5.41, 5.74) is 6.85. The second-order valence-electron chi connectivity index (χ2n) is 4.91. The molecule has 0 atom stereocenters.